The third-order valence-electron chi connectivity index (χ3n) is 3.36. The second-order valence-corrected chi connectivity index (χ2v) is 4.21. The number of carbonyl (C=O) groups excluding carboxylic acids is 1. The minimum absolute atomic E-state index is 0.0678. The van der Waals surface area contributed by atoms with Crippen molar-refractivity contribution in [1.29, 1.82) is 0 Å². The molecule has 2 N–H and O–H groups in total. The van der Waals surface area contributed by atoms with Crippen molar-refractivity contribution in [2.75, 3.05) is 6.61 Å². The third-order valence-corrected chi connectivity index (χ3v) is 3.36. The highest BCUT2D eigenvalue weighted by Gasteiger charge is 2.59. The van der Waals surface area contributed by atoms with Gasteiger partial charge in [0, 0.05) is 0 Å². The van der Waals surface area contributed by atoms with Crippen LogP contribution in [0.3, 0.4) is 0 Å². The summed E-state index contributed by atoms with van der Waals surface area (Å²) < 4.78 is 4.93. The van der Waals surface area contributed by atoms with Crippen LogP contribution in [0.2, 0.25) is 0 Å². The lowest BCUT2D eigenvalue weighted by atomic mass is 9.95. The van der Waals surface area contributed by atoms with Gasteiger partial charge in [0.1, 0.15) is 0 Å². The molecule has 0 amide bonds. The summed E-state index contributed by atoms with van der Waals surface area (Å²) in [6.45, 7) is 2.19. The molecule has 4 heteroatoms. The summed E-state index contributed by atoms with van der Waals surface area (Å²) in [4.78, 5) is 11.4. The number of fused-ring (bicyclic) bond motifs is 1. The van der Waals surface area contributed by atoms with Gasteiger partial charge in [-0.1, -0.05) is 0 Å². The number of aliphatic hydroxyl groups excluding tert-OH is 2. The first kappa shape index (κ1) is 9.93. The number of esters is 1. The molecule has 5 atom stereocenters. The summed E-state index contributed by atoms with van der Waals surface area (Å²) >= 11 is 0. The van der Waals surface area contributed by atoms with Crippen molar-refractivity contribution in [3.63, 3.8) is 0 Å². The third kappa shape index (κ3) is 1.53. The van der Waals surface area contributed by atoms with Gasteiger partial charge >= 0.3 is 5.97 Å². The maximum absolute atomic E-state index is 11.4. The molecule has 2 fully saturated rings. The van der Waals surface area contributed by atoms with Crippen molar-refractivity contribution in [2.45, 2.75) is 32.0 Å². The summed E-state index contributed by atoms with van der Waals surface area (Å²) in [5.41, 5.74) is 0. The van der Waals surface area contributed by atoms with Crippen molar-refractivity contribution in [1.82, 2.24) is 0 Å². The lowest BCUT2D eigenvalue weighted by Crippen LogP contribution is -2.30. The molecule has 0 spiro atoms. The largest absolute Gasteiger partial charge is 0.466 e. The summed E-state index contributed by atoms with van der Waals surface area (Å²) in [6.07, 6.45) is -0.240. The summed E-state index contributed by atoms with van der Waals surface area (Å²) in [7, 11) is 0. The van der Waals surface area contributed by atoms with Gasteiger partial charge in [0.15, 0.2) is 0 Å². The Labute approximate surface area is 82.9 Å². The summed E-state index contributed by atoms with van der Waals surface area (Å²) in [5.74, 6) is 0.255. The van der Waals surface area contributed by atoms with Gasteiger partial charge in [0.2, 0.25) is 0 Å². The predicted octanol–water partition coefficient (Wildman–Crippen LogP) is -0.0727. The average molecular weight is 200 g/mol. The maximum atomic E-state index is 11.4. The predicted molar refractivity (Wildman–Crippen MR) is 48.4 cm³/mol. The zero-order valence-corrected chi connectivity index (χ0v) is 8.22. The van der Waals surface area contributed by atoms with Gasteiger partial charge in [-0.05, 0) is 31.6 Å². The van der Waals surface area contributed by atoms with Gasteiger partial charge in [-0.2, -0.15) is 0 Å². The molecular weight excluding hydrogens is 184 g/mol. The van der Waals surface area contributed by atoms with Crippen molar-refractivity contribution >= 4 is 5.97 Å². The molecule has 2 aliphatic rings. The molecule has 1 unspecified atom stereocenters. The van der Waals surface area contributed by atoms with Crippen LogP contribution in [-0.4, -0.2) is 35.0 Å². The van der Waals surface area contributed by atoms with Crippen LogP contribution in [0.5, 0.6) is 0 Å². The van der Waals surface area contributed by atoms with Crippen LogP contribution in [0.4, 0.5) is 0 Å². The molecule has 4 nitrogen and oxygen atoms in total. The van der Waals surface area contributed by atoms with Crippen molar-refractivity contribution in [3.05, 3.63) is 0 Å². The first-order valence-corrected chi connectivity index (χ1v) is 5.18. The van der Waals surface area contributed by atoms with E-state index in [1.54, 1.807) is 6.92 Å². The Morgan fingerprint density at radius 2 is 1.79 bits per heavy atom. The molecule has 14 heavy (non-hydrogen) atoms. The van der Waals surface area contributed by atoms with Crippen molar-refractivity contribution < 1.29 is 19.7 Å². The number of hydrogen-bond acceptors (Lipinski definition) is 4. The Hall–Kier alpha value is -0.610. The zero-order chi connectivity index (χ0) is 10.3. The van der Waals surface area contributed by atoms with Gasteiger partial charge in [0.25, 0.3) is 0 Å². The van der Waals surface area contributed by atoms with Crippen LogP contribution in [0.15, 0.2) is 0 Å². The lowest BCUT2D eigenvalue weighted by molar-refractivity contribution is -0.145. The molecule has 80 valence electrons. The molecule has 0 heterocycles. The van der Waals surface area contributed by atoms with Crippen LogP contribution in [-0.2, 0) is 9.53 Å². The topological polar surface area (TPSA) is 66.8 Å². The van der Waals surface area contributed by atoms with E-state index in [-0.39, 0.29) is 23.7 Å². The van der Waals surface area contributed by atoms with E-state index in [2.05, 4.69) is 0 Å². The average Bonchev–Trinajstić information content (AvgIpc) is 2.79. The molecule has 0 radical (unpaired) electrons. The fourth-order valence-electron chi connectivity index (χ4n) is 2.55. The normalized spacial score (nSPS) is 45.5. The second-order valence-electron chi connectivity index (χ2n) is 4.21. The fourth-order valence-corrected chi connectivity index (χ4v) is 2.55. The molecule has 2 saturated carbocycles. The van der Waals surface area contributed by atoms with E-state index < -0.39 is 12.2 Å². The van der Waals surface area contributed by atoms with E-state index in [0.717, 1.165) is 0 Å². The summed E-state index contributed by atoms with van der Waals surface area (Å²) in [6, 6.07) is 0. The second kappa shape index (κ2) is 3.51. The van der Waals surface area contributed by atoms with Gasteiger partial charge in [-0.15, -0.1) is 0 Å². The standard InChI is InChI=1S/C10H16O4/c1-2-14-10(13)9-5-3-7(11)8(12)4-6(5)9/h5-9,11-12H,2-4H2,1H3/t5-,6-,7-,8+,9?/m1/s1. The highest BCUT2D eigenvalue weighted by atomic mass is 16.5. The Morgan fingerprint density at radius 1 is 1.29 bits per heavy atom. The van der Waals surface area contributed by atoms with Crippen LogP contribution in [0, 0.1) is 17.8 Å². The van der Waals surface area contributed by atoms with E-state index in [4.69, 9.17) is 4.74 Å². The van der Waals surface area contributed by atoms with E-state index >= 15 is 0 Å². The number of aliphatic hydroxyl groups is 2. The fraction of sp³-hybridized carbons (Fsp3) is 0.900. The molecular formula is C10H16O4. The van der Waals surface area contributed by atoms with Crippen molar-refractivity contribution in [2.24, 2.45) is 17.8 Å². The lowest BCUT2D eigenvalue weighted by Gasteiger charge is -2.21. The monoisotopic (exact) mass is 200 g/mol. The van der Waals surface area contributed by atoms with Gasteiger partial charge in [-0.3, -0.25) is 4.79 Å². The maximum Gasteiger partial charge on any atom is 0.309 e. The van der Waals surface area contributed by atoms with Crippen LogP contribution >= 0.6 is 0 Å². The molecule has 0 saturated heterocycles. The Balaban J connectivity index is 1.92. The minimum atomic E-state index is -0.657. The van der Waals surface area contributed by atoms with Gasteiger partial charge in [0.05, 0.1) is 24.7 Å². The molecule has 0 aromatic carbocycles. The Kier molecular flexibility index (Phi) is 2.49. The van der Waals surface area contributed by atoms with Crippen molar-refractivity contribution in [3.8, 4) is 0 Å². The van der Waals surface area contributed by atoms with Crippen LogP contribution in [0.1, 0.15) is 19.8 Å². The molecule has 0 aliphatic heterocycles. The highest BCUT2D eigenvalue weighted by Crippen LogP contribution is 2.55. The molecule has 2 aliphatic carbocycles. The number of rotatable bonds is 2. The number of ether oxygens (including phenoxy) is 1. The molecule has 2 rings (SSSR count). The molecule has 0 aromatic heterocycles. The van der Waals surface area contributed by atoms with E-state index in [0.29, 0.717) is 19.4 Å². The Bertz CT molecular complexity index is 224. The Morgan fingerprint density at radius 3 is 2.21 bits per heavy atom. The zero-order valence-electron chi connectivity index (χ0n) is 8.22. The number of carbonyl (C=O) groups is 1. The van der Waals surface area contributed by atoms with Gasteiger partial charge in [-0.25, -0.2) is 0 Å². The molecule has 0 aromatic rings. The number of hydrogen-bond donors (Lipinski definition) is 2. The van der Waals surface area contributed by atoms with E-state index in [1.165, 1.54) is 0 Å². The minimum Gasteiger partial charge on any atom is -0.466 e. The first-order chi connectivity index (χ1) is 6.65. The smallest absolute Gasteiger partial charge is 0.309 e. The SMILES string of the molecule is CCOC(=O)C1[C@@H]2C[C@@H](O)[C@@H](O)C[C@@H]12. The highest BCUT2D eigenvalue weighted by molar-refractivity contribution is 5.76. The van der Waals surface area contributed by atoms with E-state index in [9.17, 15) is 15.0 Å². The first-order valence-electron chi connectivity index (χ1n) is 5.18. The quantitative estimate of drug-likeness (QED) is 0.612. The van der Waals surface area contributed by atoms with E-state index in [1.807, 2.05) is 0 Å². The summed E-state index contributed by atoms with van der Waals surface area (Å²) in [5, 5.41) is 18.8. The van der Waals surface area contributed by atoms with Gasteiger partial charge < -0.3 is 14.9 Å². The van der Waals surface area contributed by atoms with Crippen LogP contribution < -0.4 is 0 Å². The molecule has 0 bridgehead atoms. The van der Waals surface area contributed by atoms with Crippen LogP contribution in [0.25, 0.3) is 0 Å².